The Hall–Kier alpha value is -0.940. The zero-order valence-corrected chi connectivity index (χ0v) is 13.6. The maximum Gasteiger partial charge on any atom is 0.228 e. The van der Waals surface area contributed by atoms with Crippen LogP contribution in [-0.4, -0.2) is 22.8 Å². The molecule has 1 saturated carbocycles. The molecule has 5 nitrogen and oxygen atoms in total. The quantitative estimate of drug-likeness (QED) is 0.836. The van der Waals surface area contributed by atoms with Crippen LogP contribution < -0.4 is 5.73 Å². The zero-order chi connectivity index (χ0) is 15.3. The lowest BCUT2D eigenvalue weighted by molar-refractivity contribution is -0.0891. The molecule has 120 valence electrons. The van der Waals surface area contributed by atoms with E-state index in [2.05, 4.69) is 24.0 Å². The molecule has 3 unspecified atom stereocenters. The highest BCUT2D eigenvalue weighted by Gasteiger charge is 2.41. The van der Waals surface area contributed by atoms with Gasteiger partial charge in [0.25, 0.3) is 0 Å². The van der Waals surface area contributed by atoms with Crippen LogP contribution >= 0.6 is 0 Å². The van der Waals surface area contributed by atoms with Gasteiger partial charge >= 0.3 is 0 Å². The Morgan fingerprint density at radius 2 is 2.29 bits per heavy atom. The molecule has 1 aromatic rings. The van der Waals surface area contributed by atoms with Gasteiger partial charge in [-0.05, 0) is 38.5 Å². The lowest BCUT2D eigenvalue weighted by Gasteiger charge is -2.37. The Morgan fingerprint density at radius 3 is 2.95 bits per heavy atom. The molecule has 0 aromatic carbocycles. The van der Waals surface area contributed by atoms with Gasteiger partial charge < -0.3 is 15.0 Å². The van der Waals surface area contributed by atoms with Crippen LogP contribution in [0.25, 0.3) is 0 Å². The van der Waals surface area contributed by atoms with Gasteiger partial charge in [0.1, 0.15) is 5.60 Å². The largest absolute Gasteiger partial charge is 0.367 e. The summed E-state index contributed by atoms with van der Waals surface area (Å²) < 4.78 is 11.5. The first-order chi connectivity index (χ1) is 10.1. The number of rotatable bonds is 7. The lowest BCUT2D eigenvalue weighted by Crippen LogP contribution is -2.36. The second-order valence-corrected chi connectivity index (χ2v) is 6.39. The Morgan fingerprint density at radius 1 is 1.48 bits per heavy atom. The summed E-state index contributed by atoms with van der Waals surface area (Å²) in [5, 5.41) is 4.21. The summed E-state index contributed by atoms with van der Waals surface area (Å²) in [5.74, 6) is 1.99. The van der Waals surface area contributed by atoms with Gasteiger partial charge in [0.05, 0.1) is 0 Å². The summed E-state index contributed by atoms with van der Waals surface area (Å²) >= 11 is 0. The molecule has 1 aliphatic carbocycles. The van der Waals surface area contributed by atoms with Gasteiger partial charge in [-0.2, -0.15) is 4.98 Å². The Labute approximate surface area is 127 Å². The van der Waals surface area contributed by atoms with E-state index in [1.54, 1.807) is 0 Å². The highest BCUT2D eigenvalue weighted by molar-refractivity contribution is 5.05. The number of hydrogen-bond donors (Lipinski definition) is 1. The zero-order valence-electron chi connectivity index (χ0n) is 13.6. The molecule has 5 heteroatoms. The molecule has 0 bridgehead atoms. The molecule has 0 radical (unpaired) electrons. The minimum Gasteiger partial charge on any atom is -0.367 e. The Balaban J connectivity index is 2.12. The number of aromatic nitrogens is 2. The lowest BCUT2D eigenvalue weighted by atomic mass is 9.78. The second-order valence-electron chi connectivity index (χ2n) is 6.39. The predicted molar refractivity (Wildman–Crippen MR) is 81.8 cm³/mol. The van der Waals surface area contributed by atoms with Crippen LogP contribution in [-0.2, 0) is 16.8 Å². The van der Waals surface area contributed by atoms with Crippen molar-refractivity contribution in [1.29, 1.82) is 0 Å². The van der Waals surface area contributed by atoms with Gasteiger partial charge in [-0.1, -0.05) is 31.8 Å². The van der Waals surface area contributed by atoms with Gasteiger partial charge in [-0.15, -0.1) is 0 Å². The van der Waals surface area contributed by atoms with Crippen molar-refractivity contribution in [3.8, 4) is 0 Å². The first-order valence-electron chi connectivity index (χ1n) is 8.32. The molecule has 0 spiro atoms. The minimum atomic E-state index is -0.358. The number of ether oxygens (including phenoxy) is 1. The Bertz CT molecular complexity index is 431. The first kappa shape index (κ1) is 16.4. The highest BCUT2D eigenvalue weighted by Crippen LogP contribution is 2.41. The molecule has 0 saturated heterocycles. The summed E-state index contributed by atoms with van der Waals surface area (Å²) in [7, 11) is 0. The molecule has 0 amide bonds. The molecule has 3 atom stereocenters. The number of nitrogens with two attached hydrogens (primary N) is 1. The molecule has 1 aliphatic rings. The van der Waals surface area contributed by atoms with Crippen LogP contribution in [0, 0.1) is 5.92 Å². The van der Waals surface area contributed by atoms with E-state index < -0.39 is 0 Å². The van der Waals surface area contributed by atoms with Crippen LogP contribution in [0.5, 0.6) is 0 Å². The highest BCUT2D eigenvalue weighted by atomic mass is 16.5. The van der Waals surface area contributed by atoms with Crippen molar-refractivity contribution in [2.45, 2.75) is 77.4 Å². The van der Waals surface area contributed by atoms with Crippen LogP contribution in [0.3, 0.4) is 0 Å². The second kappa shape index (κ2) is 7.36. The maximum absolute atomic E-state index is 6.08. The topological polar surface area (TPSA) is 74.2 Å². The SMILES string of the molecule is CCCC(N)Cc1nc(C2(OCC)CCCC(C)C2)no1. The van der Waals surface area contributed by atoms with E-state index >= 15 is 0 Å². The van der Waals surface area contributed by atoms with Crippen molar-refractivity contribution in [2.75, 3.05) is 6.61 Å². The van der Waals surface area contributed by atoms with E-state index in [9.17, 15) is 0 Å². The standard InChI is InChI=1S/C16H29N3O2/c1-4-7-13(17)10-14-18-15(19-21-14)16(20-5-2)9-6-8-12(3)11-16/h12-13H,4-11,17H2,1-3H3. The van der Waals surface area contributed by atoms with Crippen molar-refractivity contribution in [2.24, 2.45) is 11.7 Å². The van der Waals surface area contributed by atoms with E-state index in [0.29, 0.717) is 24.8 Å². The summed E-state index contributed by atoms with van der Waals surface area (Å²) in [6.07, 6.45) is 7.06. The van der Waals surface area contributed by atoms with Crippen LogP contribution in [0.1, 0.15) is 71.0 Å². The van der Waals surface area contributed by atoms with Crippen molar-refractivity contribution in [3.05, 3.63) is 11.7 Å². The van der Waals surface area contributed by atoms with Gasteiger partial charge in [0.2, 0.25) is 11.7 Å². The molecule has 2 rings (SSSR count). The molecular weight excluding hydrogens is 266 g/mol. The number of nitrogens with zero attached hydrogens (tertiary/aromatic N) is 2. The van der Waals surface area contributed by atoms with Crippen molar-refractivity contribution < 1.29 is 9.26 Å². The van der Waals surface area contributed by atoms with E-state index in [1.165, 1.54) is 6.42 Å². The molecule has 1 heterocycles. The summed E-state index contributed by atoms with van der Waals surface area (Å²) in [4.78, 5) is 4.60. The van der Waals surface area contributed by atoms with Crippen LogP contribution in [0.15, 0.2) is 4.52 Å². The van der Waals surface area contributed by atoms with Gasteiger partial charge in [0, 0.05) is 19.1 Å². The normalized spacial score (nSPS) is 27.7. The van der Waals surface area contributed by atoms with Crippen molar-refractivity contribution >= 4 is 0 Å². The fourth-order valence-corrected chi connectivity index (χ4v) is 3.40. The monoisotopic (exact) mass is 295 g/mol. The third-order valence-electron chi connectivity index (χ3n) is 4.35. The van der Waals surface area contributed by atoms with Crippen LogP contribution in [0.2, 0.25) is 0 Å². The third-order valence-corrected chi connectivity index (χ3v) is 4.35. The summed E-state index contributed by atoms with van der Waals surface area (Å²) in [5.41, 5.74) is 5.70. The van der Waals surface area contributed by atoms with Gasteiger partial charge in [-0.25, -0.2) is 0 Å². The third kappa shape index (κ3) is 4.04. The van der Waals surface area contributed by atoms with Crippen molar-refractivity contribution in [1.82, 2.24) is 10.1 Å². The van der Waals surface area contributed by atoms with E-state index in [4.69, 9.17) is 15.0 Å². The predicted octanol–water partition coefficient (Wildman–Crippen LogP) is 3.18. The summed E-state index contributed by atoms with van der Waals surface area (Å²) in [6.45, 7) is 7.10. The minimum absolute atomic E-state index is 0.0941. The number of hydrogen-bond acceptors (Lipinski definition) is 5. The van der Waals surface area contributed by atoms with Gasteiger partial charge in [0.15, 0.2) is 0 Å². The molecular formula is C16H29N3O2. The molecule has 2 N–H and O–H groups in total. The molecule has 0 aliphatic heterocycles. The Kier molecular flexibility index (Phi) is 5.76. The van der Waals surface area contributed by atoms with E-state index in [1.807, 2.05) is 6.92 Å². The molecule has 21 heavy (non-hydrogen) atoms. The fraction of sp³-hybridized carbons (Fsp3) is 0.875. The van der Waals surface area contributed by atoms with E-state index in [0.717, 1.165) is 37.9 Å². The molecule has 1 fully saturated rings. The van der Waals surface area contributed by atoms with Crippen molar-refractivity contribution in [3.63, 3.8) is 0 Å². The van der Waals surface area contributed by atoms with Gasteiger partial charge in [-0.3, -0.25) is 0 Å². The average molecular weight is 295 g/mol. The van der Waals surface area contributed by atoms with Crippen LogP contribution in [0.4, 0.5) is 0 Å². The smallest absolute Gasteiger partial charge is 0.228 e. The summed E-state index contributed by atoms with van der Waals surface area (Å²) in [6, 6.07) is 0.0941. The van der Waals surface area contributed by atoms with E-state index in [-0.39, 0.29) is 11.6 Å². The maximum atomic E-state index is 6.08. The first-order valence-corrected chi connectivity index (χ1v) is 8.32. The fourth-order valence-electron chi connectivity index (χ4n) is 3.40. The molecule has 1 aromatic heterocycles. The average Bonchev–Trinajstić information content (AvgIpc) is 2.88.